The van der Waals surface area contributed by atoms with Gasteiger partial charge in [0, 0.05) is 6.04 Å². The van der Waals surface area contributed by atoms with Crippen molar-refractivity contribution in [3.63, 3.8) is 0 Å². The van der Waals surface area contributed by atoms with E-state index in [-0.39, 0.29) is 12.6 Å². The van der Waals surface area contributed by atoms with Gasteiger partial charge in [0.1, 0.15) is 0 Å². The Morgan fingerprint density at radius 1 is 1.38 bits per heavy atom. The van der Waals surface area contributed by atoms with Crippen LogP contribution in [0.3, 0.4) is 0 Å². The van der Waals surface area contributed by atoms with E-state index in [0.29, 0.717) is 13.0 Å². The molecule has 0 aromatic carbocycles. The first-order valence-electron chi connectivity index (χ1n) is 3.19. The van der Waals surface area contributed by atoms with Crippen molar-refractivity contribution in [3.8, 4) is 0 Å². The Labute approximate surface area is 76.0 Å². The minimum absolute atomic E-state index is 0.0106. The molecule has 0 aliphatic carbocycles. The topological polar surface area (TPSA) is 156 Å². The highest BCUT2D eigenvalue weighted by molar-refractivity contribution is 7.79. The van der Waals surface area contributed by atoms with Crippen LogP contribution < -0.4 is 11.6 Å². The predicted molar refractivity (Wildman–Crippen MR) is 44.0 cm³/mol. The van der Waals surface area contributed by atoms with E-state index >= 15 is 0 Å². The van der Waals surface area contributed by atoms with E-state index in [1.165, 1.54) is 0 Å². The van der Waals surface area contributed by atoms with Gasteiger partial charge in [-0.2, -0.15) is 8.42 Å². The van der Waals surface area contributed by atoms with E-state index in [9.17, 15) is 0 Å². The molecule has 0 heterocycles. The zero-order valence-electron chi connectivity index (χ0n) is 6.83. The molecular weight excluding hydrogens is 204 g/mol. The maximum atomic E-state index is 8.74. The smallest absolute Gasteiger partial charge is 0.394 e. The van der Waals surface area contributed by atoms with Crippen LogP contribution >= 0.6 is 0 Å². The molecule has 13 heavy (non-hydrogen) atoms. The molecule has 0 rings (SSSR count). The summed E-state index contributed by atoms with van der Waals surface area (Å²) in [7, 11) is -4.67. The molecule has 0 aromatic heterocycles. The number of hydrogen-bond donors (Lipinski definition) is 5. The maximum absolute atomic E-state index is 8.74. The van der Waals surface area contributed by atoms with E-state index in [4.69, 9.17) is 34.3 Å². The van der Waals surface area contributed by atoms with Crippen molar-refractivity contribution >= 4 is 10.4 Å². The minimum Gasteiger partial charge on any atom is -0.395 e. The van der Waals surface area contributed by atoms with Crippen molar-refractivity contribution in [2.24, 2.45) is 11.6 Å². The molecule has 0 aliphatic rings. The van der Waals surface area contributed by atoms with Gasteiger partial charge in [-0.3, -0.25) is 9.11 Å². The maximum Gasteiger partial charge on any atom is 0.394 e. The highest BCUT2D eigenvalue weighted by Gasteiger charge is 1.96. The van der Waals surface area contributed by atoms with Gasteiger partial charge in [0.2, 0.25) is 0 Å². The Morgan fingerprint density at radius 3 is 2.00 bits per heavy atom. The Morgan fingerprint density at radius 2 is 1.77 bits per heavy atom. The fourth-order valence-electron chi connectivity index (χ4n) is 0.311. The number of nitrogens with two attached hydrogens (primary N) is 2. The van der Waals surface area contributed by atoms with Crippen molar-refractivity contribution in [1.29, 1.82) is 0 Å². The summed E-state index contributed by atoms with van der Waals surface area (Å²) in [5.74, 6) is 4.69. The SMILES string of the molecule is NOCC[C@H](N)CO.O=S(=O)(O)O. The summed E-state index contributed by atoms with van der Waals surface area (Å²) in [6.07, 6.45) is 0.604. The third-order valence-corrected chi connectivity index (χ3v) is 0.841. The molecular formula is C4H14N2O6S. The van der Waals surface area contributed by atoms with Crippen LogP contribution in [0.15, 0.2) is 0 Å². The van der Waals surface area contributed by atoms with Crippen molar-refractivity contribution < 1.29 is 27.5 Å². The summed E-state index contributed by atoms with van der Waals surface area (Å²) >= 11 is 0. The lowest BCUT2D eigenvalue weighted by Crippen LogP contribution is -2.26. The molecule has 0 amide bonds. The van der Waals surface area contributed by atoms with Crippen LogP contribution in [0.2, 0.25) is 0 Å². The van der Waals surface area contributed by atoms with E-state index in [1.807, 2.05) is 0 Å². The first kappa shape index (κ1) is 15.2. The first-order valence-corrected chi connectivity index (χ1v) is 4.59. The van der Waals surface area contributed by atoms with Gasteiger partial charge in [0.05, 0.1) is 13.2 Å². The largest absolute Gasteiger partial charge is 0.395 e. The standard InChI is InChI=1S/C4H12N2O2.H2O4S/c5-4(3-7)1-2-8-6;1-5(2,3)4/h4,7H,1-3,5-6H2;(H2,1,2,3,4)/t4-;/m0./s1. The van der Waals surface area contributed by atoms with Crippen molar-refractivity contribution in [1.82, 2.24) is 0 Å². The van der Waals surface area contributed by atoms with E-state index in [1.54, 1.807) is 0 Å². The van der Waals surface area contributed by atoms with E-state index in [0.717, 1.165) is 0 Å². The Balaban J connectivity index is 0. The molecule has 0 spiro atoms. The highest BCUT2D eigenvalue weighted by atomic mass is 32.3. The summed E-state index contributed by atoms with van der Waals surface area (Å²) < 4.78 is 31.6. The first-order chi connectivity index (χ1) is 5.81. The van der Waals surface area contributed by atoms with Crippen molar-refractivity contribution in [2.45, 2.75) is 12.5 Å². The van der Waals surface area contributed by atoms with Crippen LogP contribution in [0.5, 0.6) is 0 Å². The number of rotatable bonds is 4. The fourth-order valence-corrected chi connectivity index (χ4v) is 0.311. The summed E-state index contributed by atoms with van der Waals surface area (Å²) in [6, 6.07) is -0.196. The average molecular weight is 218 g/mol. The lowest BCUT2D eigenvalue weighted by molar-refractivity contribution is 0.122. The molecule has 0 radical (unpaired) electrons. The third kappa shape index (κ3) is 33.9. The Bertz CT molecular complexity index is 185. The average Bonchev–Trinajstić information content (AvgIpc) is 1.97. The molecule has 0 saturated carbocycles. The molecule has 8 nitrogen and oxygen atoms in total. The van der Waals surface area contributed by atoms with Gasteiger partial charge in [-0.25, -0.2) is 5.90 Å². The Hall–Kier alpha value is -0.290. The van der Waals surface area contributed by atoms with Crippen LogP contribution in [0.1, 0.15) is 6.42 Å². The summed E-state index contributed by atoms with van der Waals surface area (Å²) in [5, 5.41) is 8.34. The van der Waals surface area contributed by atoms with Crippen LogP contribution in [0.4, 0.5) is 0 Å². The second kappa shape index (κ2) is 8.31. The molecule has 0 bridgehead atoms. The molecule has 0 aromatic rings. The number of aliphatic hydroxyl groups is 1. The van der Waals surface area contributed by atoms with Crippen molar-refractivity contribution in [2.75, 3.05) is 13.2 Å². The molecule has 0 fully saturated rings. The quantitative estimate of drug-likeness (QED) is 0.266. The number of aliphatic hydroxyl groups excluding tert-OH is 1. The van der Waals surface area contributed by atoms with Gasteiger partial charge in [0.25, 0.3) is 0 Å². The summed E-state index contributed by atoms with van der Waals surface area (Å²) in [4.78, 5) is 4.22. The second-order valence-corrected chi connectivity index (χ2v) is 2.95. The van der Waals surface area contributed by atoms with Gasteiger partial charge in [-0.15, -0.1) is 0 Å². The predicted octanol–water partition coefficient (Wildman–Crippen LogP) is -2.07. The zero-order valence-corrected chi connectivity index (χ0v) is 7.64. The van der Waals surface area contributed by atoms with E-state index < -0.39 is 10.4 Å². The van der Waals surface area contributed by atoms with Gasteiger partial charge in [-0.05, 0) is 6.42 Å². The lowest BCUT2D eigenvalue weighted by Gasteiger charge is -2.04. The molecule has 0 unspecified atom stereocenters. The monoisotopic (exact) mass is 218 g/mol. The van der Waals surface area contributed by atoms with Gasteiger partial charge in [-0.1, -0.05) is 0 Å². The third-order valence-electron chi connectivity index (χ3n) is 0.841. The zero-order chi connectivity index (χ0) is 10.9. The van der Waals surface area contributed by atoms with Gasteiger partial charge < -0.3 is 15.7 Å². The van der Waals surface area contributed by atoms with Crippen molar-refractivity contribution in [3.05, 3.63) is 0 Å². The molecule has 0 saturated heterocycles. The normalized spacial score (nSPS) is 13.0. The van der Waals surface area contributed by atoms with Crippen LogP contribution in [-0.2, 0) is 15.2 Å². The Kier molecular flexibility index (Phi) is 9.72. The van der Waals surface area contributed by atoms with Crippen LogP contribution in [0.25, 0.3) is 0 Å². The summed E-state index contributed by atoms with van der Waals surface area (Å²) in [6.45, 7) is 0.394. The minimum atomic E-state index is -4.67. The fraction of sp³-hybridized carbons (Fsp3) is 1.00. The molecule has 9 heteroatoms. The van der Waals surface area contributed by atoms with E-state index in [2.05, 4.69) is 4.84 Å². The second-order valence-electron chi connectivity index (χ2n) is 2.05. The number of hydrogen-bond acceptors (Lipinski definition) is 6. The molecule has 82 valence electrons. The molecule has 1 atom stereocenters. The van der Waals surface area contributed by atoms with Crippen LogP contribution in [0, 0.1) is 0 Å². The highest BCUT2D eigenvalue weighted by Crippen LogP contribution is 1.83. The lowest BCUT2D eigenvalue weighted by atomic mass is 10.2. The molecule has 0 aliphatic heterocycles. The van der Waals surface area contributed by atoms with Gasteiger partial charge in [0.15, 0.2) is 0 Å². The van der Waals surface area contributed by atoms with Gasteiger partial charge >= 0.3 is 10.4 Å². The summed E-state index contributed by atoms with van der Waals surface area (Å²) in [5.41, 5.74) is 5.27. The van der Waals surface area contributed by atoms with Crippen LogP contribution in [-0.4, -0.2) is 41.9 Å². The molecule has 7 N–H and O–H groups in total.